The van der Waals surface area contributed by atoms with Crippen LogP contribution >= 0.6 is 11.8 Å². The molecule has 0 fully saturated rings. The summed E-state index contributed by atoms with van der Waals surface area (Å²) in [5.41, 5.74) is 23.2. The standard InChI is InChI=1S/C50H33N3S/c51-37-26-22-33(23-27-37)36-25-29-48-44(31-36)50(42-14-6-9-17-47(42)54-48)41-13-5-4-12-39(41)40-28-24-35(30-43(40)50)32-18-20-34(21-19-32)49-52-45-15-7-8-16-46(45)53(49)38-10-2-1-3-11-38/h1-31H,51H2. The molecular formula is C50H33N3S. The molecule has 3 nitrogen and oxygen atoms in total. The highest BCUT2D eigenvalue weighted by Crippen LogP contribution is 2.62. The van der Waals surface area contributed by atoms with Gasteiger partial charge in [0.15, 0.2) is 0 Å². The molecule has 2 aliphatic rings. The summed E-state index contributed by atoms with van der Waals surface area (Å²) in [6, 6.07) is 68.1. The molecule has 1 aliphatic carbocycles. The molecule has 0 radical (unpaired) electrons. The molecule has 11 rings (SSSR count). The highest BCUT2D eigenvalue weighted by atomic mass is 32.2. The minimum absolute atomic E-state index is 0.483. The lowest BCUT2D eigenvalue weighted by molar-refractivity contribution is 0.723. The zero-order chi connectivity index (χ0) is 35.8. The number of hydrogen-bond donors (Lipinski definition) is 1. The van der Waals surface area contributed by atoms with Gasteiger partial charge in [-0.05, 0) is 116 Å². The quantitative estimate of drug-likeness (QED) is 0.185. The van der Waals surface area contributed by atoms with Gasteiger partial charge in [0.2, 0.25) is 0 Å². The Labute approximate surface area is 318 Å². The summed E-state index contributed by atoms with van der Waals surface area (Å²) < 4.78 is 2.26. The van der Waals surface area contributed by atoms with Gasteiger partial charge in [0, 0.05) is 26.7 Å². The molecule has 0 bridgehead atoms. The first-order valence-corrected chi connectivity index (χ1v) is 19.1. The van der Waals surface area contributed by atoms with Gasteiger partial charge in [0.05, 0.1) is 16.4 Å². The third kappa shape index (κ3) is 4.54. The van der Waals surface area contributed by atoms with Gasteiger partial charge in [-0.25, -0.2) is 4.98 Å². The van der Waals surface area contributed by atoms with Crippen molar-refractivity contribution in [3.8, 4) is 50.5 Å². The molecule has 0 saturated heterocycles. The molecule has 1 spiro atoms. The van der Waals surface area contributed by atoms with Gasteiger partial charge < -0.3 is 5.73 Å². The van der Waals surface area contributed by atoms with Gasteiger partial charge in [-0.15, -0.1) is 0 Å². The Bertz CT molecular complexity index is 2910. The summed E-state index contributed by atoms with van der Waals surface area (Å²) in [5.74, 6) is 0.933. The second-order valence-corrected chi connectivity index (χ2v) is 15.2. The number of nitrogens with zero attached hydrogens (tertiary/aromatic N) is 2. The average Bonchev–Trinajstić information content (AvgIpc) is 3.76. The van der Waals surface area contributed by atoms with Crippen LogP contribution in [0.5, 0.6) is 0 Å². The van der Waals surface area contributed by atoms with E-state index in [-0.39, 0.29) is 0 Å². The van der Waals surface area contributed by atoms with Crippen LogP contribution in [0.2, 0.25) is 0 Å². The van der Waals surface area contributed by atoms with Crippen LogP contribution in [0.1, 0.15) is 22.3 Å². The van der Waals surface area contributed by atoms with Crippen molar-refractivity contribution < 1.29 is 0 Å². The van der Waals surface area contributed by atoms with E-state index < -0.39 is 5.41 Å². The molecule has 0 saturated carbocycles. The molecule has 2 heterocycles. The summed E-state index contributed by atoms with van der Waals surface area (Å²) in [5, 5.41) is 0. The summed E-state index contributed by atoms with van der Waals surface area (Å²) in [7, 11) is 0. The number of nitrogens with two attached hydrogens (primary N) is 1. The Morgan fingerprint density at radius 1 is 0.444 bits per heavy atom. The Balaban J connectivity index is 1.09. The van der Waals surface area contributed by atoms with E-state index in [2.05, 4.69) is 180 Å². The van der Waals surface area contributed by atoms with Crippen molar-refractivity contribution in [1.82, 2.24) is 9.55 Å². The minimum atomic E-state index is -0.483. The van der Waals surface area contributed by atoms with Crippen molar-refractivity contribution in [3.63, 3.8) is 0 Å². The number of para-hydroxylation sites is 3. The molecule has 4 heteroatoms. The first-order chi connectivity index (χ1) is 26.7. The van der Waals surface area contributed by atoms with Crippen LogP contribution in [0.3, 0.4) is 0 Å². The Hall–Kier alpha value is -6.62. The summed E-state index contributed by atoms with van der Waals surface area (Å²) in [6.07, 6.45) is 0. The number of rotatable bonds is 4. The molecular weight excluding hydrogens is 675 g/mol. The van der Waals surface area contributed by atoms with Crippen LogP contribution in [0.25, 0.3) is 61.5 Å². The number of benzene rings is 8. The number of fused-ring (bicyclic) bond motifs is 10. The highest BCUT2D eigenvalue weighted by molar-refractivity contribution is 7.99. The van der Waals surface area contributed by atoms with Crippen molar-refractivity contribution in [2.24, 2.45) is 0 Å². The monoisotopic (exact) mass is 707 g/mol. The topological polar surface area (TPSA) is 43.8 Å². The third-order valence-electron chi connectivity index (χ3n) is 11.2. The van der Waals surface area contributed by atoms with E-state index in [1.54, 1.807) is 0 Å². The van der Waals surface area contributed by atoms with Crippen LogP contribution in [-0.4, -0.2) is 9.55 Å². The summed E-state index contributed by atoms with van der Waals surface area (Å²) >= 11 is 1.87. The Morgan fingerprint density at radius 3 is 1.83 bits per heavy atom. The SMILES string of the molecule is Nc1ccc(-c2ccc3c(c2)C2(c4ccccc4S3)c3ccccc3-c3ccc(-c4ccc(-c5nc6ccccc6n5-c5ccccc5)cc4)cc32)cc1. The van der Waals surface area contributed by atoms with E-state index in [1.165, 1.54) is 59.9 Å². The lowest BCUT2D eigenvalue weighted by Crippen LogP contribution is -2.32. The van der Waals surface area contributed by atoms with Crippen LogP contribution in [-0.2, 0) is 5.41 Å². The van der Waals surface area contributed by atoms with Gasteiger partial charge >= 0.3 is 0 Å². The molecule has 1 atom stereocenters. The second-order valence-electron chi connectivity index (χ2n) is 14.2. The van der Waals surface area contributed by atoms with E-state index in [0.717, 1.165) is 39.4 Å². The fraction of sp³-hybridized carbons (Fsp3) is 0.0200. The molecule has 1 unspecified atom stereocenters. The van der Waals surface area contributed by atoms with Gasteiger partial charge in [0.25, 0.3) is 0 Å². The molecule has 9 aromatic rings. The predicted molar refractivity (Wildman–Crippen MR) is 223 cm³/mol. The lowest BCUT2D eigenvalue weighted by Gasteiger charge is -2.40. The van der Waals surface area contributed by atoms with E-state index in [4.69, 9.17) is 10.7 Å². The van der Waals surface area contributed by atoms with Crippen LogP contribution in [0, 0.1) is 0 Å². The van der Waals surface area contributed by atoms with Crippen LogP contribution in [0.4, 0.5) is 5.69 Å². The zero-order valence-corrected chi connectivity index (χ0v) is 30.1. The van der Waals surface area contributed by atoms with Crippen molar-refractivity contribution in [2.75, 3.05) is 5.73 Å². The smallest absolute Gasteiger partial charge is 0.145 e. The molecule has 0 amide bonds. The van der Waals surface area contributed by atoms with E-state index in [9.17, 15) is 0 Å². The number of imidazole rings is 1. The molecule has 8 aromatic carbocycles. The fourth-order valence-corrected chi connectivity index (χ4v) is 9.98. The second kappa shape index (κ2) is 12.0. The van der Waals surface area contributed by atoms with E-state index in [1.807, 2.05) is 23.9 Å². The first-order valence-electron chi connectivity index (χ1n) is 18.3. The molecule has 1 aliphatic heterocycles. The Kier molecular flexibility index (Phi) is 6.85. The highest BCUT2D eigenvalue weighted by Gasteiger charge is 2.50. The van der Waals surface area contributed by atoms with Crippen molar-refractivity contribution in [2.45, 2.75) is 15.2 Å². The van der Waals surface area contributed by atoms with Crippen LogP contribution in [0.15, 0.2) is 198 Å². The number of aromatic nitrogens is 2. The zero-order valence-electron chi connectivity index (χ0n) is 29.3. The number of anilines is 1. The predicted octanol–water partition coefficient (Wildman–Crippen LogP) is 12.4. The molecule has 54 heavy (non-hydrogen) atoms. The maximum Gasteiger partial charge on any atom is 0.145 e. The third-order valence-corrected chi connectivity index (χ3v) is 12.4. The lowest BCUT2D eigenvalue weighted by atomic mass is 9.66. The molecule has 254 valence electrons. The fourth-order valence-electron chi connectivity index (χ4n) is 8.81. The Morgan fingerprint density at radius 2 is 1.02 bits per heavy atom. The van der Waals surface area contributed by atoms with Crippen molar-refractivity contribution >= 4 is 28.5 Å². The number of hydrogen-bond acceptors (Lipinski definition) is 3. The maximum absolute atomic E-state index is 6.11. The van der Waals surface area contributed by atoms with Crippen molar-refractivity contribution in [1.29, 1.82) is 0 Å². The average molecular weight is 708 g/mol. The normalized spacial score (nSPS) is 15.1. The van der Waals surface area contributed by atoms with Gasteiger partial charge in [-0.2, -0.15) is 0 Å². The van der Waals surface area contributed by atoms with E-state index >= 15 is 0 Å². The molecule has 1 aromatic heterocycles. The van der Waals surface area contributed by atoms with Crippen molar-refractivity contribution in [3.05, 3.63) is 210 Å². The van der Waals surface area contributed by atoms with E-state index in [0.29, 0.717) is 0 Å². The summed E-state index contributed by atoms with van der Waals surface area (Å²) in [6.45, 7) is 0. The maximum atomic E-state index is 6.11. The largest absolute Gasteiger partial charge is 0.399 e. The molecule has 2 N–H and O–H groups in total. The first kappa shape index (κ1) is 31.0. The summed E-state index contributed by atoms with van der Waals surface area (Å²) in [4.78, 5) is 7.70. The van der Waals surface area contributed by atoms with Crippen LogP contribution < -0.4 is 5.73 Å². The van der Waals surface area contributed by atoms with Gasteiger partial charge in [0.1, 0.15) is 5.82 Å². The van der Waals surface area contributed by atoms with Gasteiger partial charge in [-0.3, -0.25) is 4.57 Å². The number of nitrogen functional groups attached to an aromatic ring is 1. The van der Waals surface area contributed by atoms with Gasteiger partial charge in [-0.1, -0.05) is 139 Å². The minimum Gasteiger partial charge on any atom is -0.399 e.